The van der Waals surface area contributed by atoms with E-state index in [2.05, 4.69) is 6.07 Å². The van der Waals surface area contributed by atoms with Gasteiger partial charge in [0, 0.05) is 18.1 Å². The van der Waals surface area contributed by atoms with Crippen LogP contribution in [0.3, 0.4) is 0 Å². The second-order valence-electron chi connectivity index (χ2n) is 4.42. The molecule has 0 amide bonds. The molecule has 0 aromatic heterocycles. The van der Waals surface area contributed by atoms with Crippen LogP contribution < -0.4 is 0 Å². The molecule has 1 aromatic rings. The molecule has 1 aliphatic heterocycles. The Morgan fingerprint density at radius 1 is 1.61 bits per heavy atom. The fourth-order valence-electron chi connectivity index (χ4n) is 2.17. The van der Waals surface area contributed by atoms with Gasteiger partial charge in [0.25, 0.3) is 0 Å². The van der Waals surface area contributed by atoms with E-state index in [1.807, 2.05) is 0 Å². The number of halogens is 1. The highest BCUT2D eigenvalue weighted by Gasteiger charge is 2.26. The van der Waals surface area contributed by atoms with Crippen LogP contribution in [0, 0.1) is 11.3 Å². The molecule has 1 aromatic carbocycles. The molecule has 3 nitrogen and oxygen atoms in total. The standard InChI is InChI=1S/C14H14ClNO2/c15-11-4-1-3-10(7-11)13(9-16)14(17)8-12-5-2-6-18-12/h1,3-4,7,12-13H,2,5-6,8H2. The van der Waals surface area contributed by atoms with Crippen molar-refractivity contribution in [3.05, 3.63) is 34.9 Å². The van der Waals surface area contributed by atoms with E-state index in [1.165, 1.54) is 0 Å². The number of carbonyl (C=O) groups is 1. The molecule has 2 unspecified atom stereocenters. The van der Waals surface area contributed by atoms with Crippen LogP contribution in [0.15, 0.2) is 24.3 Å². The number of nitriles is 1. The maximum Gasteiger partial charge on any atom is 0.157 e. The fraction of sp³-hybridized carbons (Fsp3) is 0.429. The van der Waals surface area contributed by atoms with Gasteiger partial charge in [0.1, 0.15) is 5.92 Å². The smallest absolute Gasteiger partial charge is 0.157 e. The van der Waals surface area contributed by atoms with Gasteiger partial charge in [-0.3, -0.25) is 4.79 Å². The lowest BCUT2D eigenvalue weighted by Crippen LogP contribution is -2.18. The molecule has 0 saturated carbocycles. The highest BCUT2D eigenvalue weighted by Crippen LogP contribution is 2.24. The number of Topliss-reactive ketones (excluding diaryl/α,β-unsaturated/α-hetero) is 1. The molecule has 2 rings (SSSR count). The summed E-state index contributed by atoms with van der Waals surface area (Å²) >= 11 is 5.88. The van der Waals surface area contributed by atoms with E-state index >= 15 is 0 Å². The third-order valence-electron chi connectivity index (χ3n) is 3.09. The van der Waals surface area contributed by atoms with Crippen LogP contribution in [-0.4, -0.2) is 18.5 Å². The van der Waals surface area contributed by atoms with Crippen LogP contribution in [0.5, 0.6) is 0 Å². The van der Waals surface area contributed by atoms with E-state index in [0.717, 1.165) is 12.8 Å². The van der Waals surface area contributed by atoms with Gasteiger partial charge in [-0.2, -0.15) is 5.26 Å². The Morgan fingerprint density at radius 3 is 3.06 bits per heavy atom. The average molecular weight is 264 g/mol. The topological polar surface area (TPSA) is 50.1 Å². The summed E-state index contributed by atoms with van der Waals surface area (Å²) in [6.07, 6.45) is 2.18. The predicted octanol–water partition coefficient (Wildman–Crippen LogP) is 3.09. The maximum absolute atomic E-state index is 12.1. The van der Waals surface area contributed by atoms with Gasteiger partial charge in [0.15, 0.2) is 5.78 Å². The van der Waals surface area contributed by atoms with E-state index in [9.17, 15) is 4.79 Å². The van der Waals surface area contributed by atoms with Gasteiger partial charge in [-0.25, -0.2) is 0 Å². The third-order valence-corrected chi connectivity index (χ3v) is 3.32. The van der Waals surface area contributed by atoms with Crippen molar-refractivity contribution < 1.29 is 9.53 Å². The molecule has 2 atom stereocenters. The minimum atomic E-state index is -0.743. The van der Waals surface area contributed by atoms with Crippen LogP contribution in [0.25, 0.3) is 0 Å². The van der Waals surface area contributed by atoms with Crippen LogP contribution in [0.2, 0.25) is 5.02 Å². The van der Waals surface area contributed by atoms with Gasteiger partial charge in [0.2, 0.25) is 0 Å². The van der Waals surface area contributed by atoms with Crippen molar-refractivity contribution in [1.29, 1.82) is 5.26 Å². The summed E-state index contributed by atoms with van der Waals surface area (Å²) in [5, 5.41) is 9.70. The molecular formula is C14H14ClNO2. The van der Waals surface area contributed by atoms with Gasteiger partial charge < -0.3 is 4.74 Å². The van der Waals surface area contributed by atoms with Gasteiger partial charge >= 0.3 is 0 Å². The zero-order valence-electron chi connectivity index (χ0n) is 9.93. The molecule has 1 heterocycles. The number of carbonyl (C=O) groups excluding carboxylic acids is 1. The predicted molar refractivity (Wildman–Crippen MR) is 68.4 cm³/mol. The second-order valence-corrected chi connectivity index (χ2v) is 4.86. The molecule has 0 spiro atoms. The fourth-order valence-corrected chi connectivity index (χ4v) is 2.36. The lowest BCUT2D eigenvalue weighted by atomic mass is 9.92. The molecule has 0 N–H and O–H groups in total. The van der Waals surface area contributed by atoms with E-state index in [4.69, 9.17) is 21.6 Å². The SMILES string of the molecule is N#CC(C(=O)CC1CCCO1)c1cccc(Cl)c1. The van der Waals surface area contributed by atoms with Crippen molar-refractivity contribution in [3.63, 3.8) is 0 Å². The largest absolute Gasteiger partial charge is 0.378 e. The first kappa shape index (κ1) is 13.1. The van der Waals surface area contributed by atoms with Gasteiger partial charge in [-0.15, -0.1) is 0 Å². The van der Waals surface area contributed by atoms with Gasteiger partial charge in [0.05, 0.1) is 12.2 Å². The van der Waals surface area contributed by atoms with E-state index in [0.29, 0.717) is 23.6 Å². The van der Waals surface area contributed by atoms with Crippen molar-refractivity contribution >= 4 is 17.4 Å². The Bertz CT molecular complexity index is 475. The van der Waals surface area contributed by atoms with Crippen LogP contribution >= 0.6 is 11.6 Å². The summed E-state index contributed by atoms with van der Waals surface area (Å²) < 4.78 is 5.42. The minimum Gasteiger partial charge on any atom is -0.378 e. The number of hydrogen-bond donors (Lipinski definition) is 0. The monoisotopic (exact) mass is 263 g/mol. The second kappa shape index (κ2) is 5.99. The van der Waals surface area contributed by atoms with Crippen molar-refractivity contribution in [2.45, 2.75) is 31.3 Å². The normalized spacial score (nSPS) is 20.3. The highest BCUT2D eigenvalue weighted by atomic mass is 35.5. The number of ketones is 1. The Morgan fingerprint density at radius 2 is 2.44 bits per heavy atom. The molecule has 1 aliphatic rings. The van der Waals surface area contributed by atoms with E-state index in [-0.39, 0.29) is 11.9 Å². The lowest BCUT2D eigenvalue weighted by Gasteiger charge is -2.12. The Labute approximate surface area is 111 Å². The molecule has 1 fully saturated rings. The number of rotatable bonds is 4. The van der Waals surface area contributed by atoms with Crippen molar-refractivity contribution in [2.75, 3.05) is 6.61 Å². The summed E-state index contributed by atoms with van der Waals surface area (Å²) in [6.45, 7) is 0.715. The average Bonchev–Trinajstić information content (AvgIpc) is 2.83. The molecule has 94 valence electrons. The highest BCUT2D eigenvalue weighted by molar-refractivity contribution is 6.30. The van der Waals surface area contributed by atoms with Crippen molar-refractivity contribution in [2.24, 2.45) is 0 Å². The first-order chi connectivity index (χ1) is 8.70. The first-order valence-electron chi connectivity index (χ1n) is 6.00. The quantitative estimate of drug-likeness (QED) is 0.839. The molecule has 0 radical (unpaired) electrons. The number of benzene rings is 1. The van der Waals surface area contributed by atoms with E-state index < -0.39 is 5.92 Å². The summed E-state index contributed by atoms with van der Waals surface area (Å²) in [4.78, 5) is 12.1. The molecule has 4 heteroatoms. The molecule has 0 bridgehead atoms. The molecule has 18 heavy (non-hydrogen) atoms. The summed E-state index contributed by atoms with van der Waals surface area (Å²) in [7, 11) is 0. The summed E-state index contributed by atoms with van der Waals surface area (Å²) in [6, 6.07) is 8.96. The van der Waals surface area contributed by atoms with Gasteiger partial charge in [-0.05, 0) is 30.5 Å². The van der Waals surface area contributed by atoms with Crippen molar-refractivity contribution in [3.8, 4) is 6.07 Å². The summed E-state index contributed by atoms with van der Waals surface area (Å²) in [5.41, 5.74) is 0.660. The van der Waals surface area contributed by atoms with Crippen molar-refractivity contribution in [1.82, 2.24) is 0 Å². The molecular weight excluding hydrogens is 250 g/mol. The third kappa shape index (κ3) is 3.10. The Hall–Kier alpha value is -1.37. The molecule has 0 aliphatic carbocycles. The Kier molecular flexibility index (Phi) is 4.35. The van der Waals surface area contributed by atoms with Gasteiger partial charge in [-0.1, -0.05) is 23.7 Å². The van der Waals surface area contributed by atoms with Crippen LogP contribution in [0.1, 0.15) is 30.7 Å². The first-order valence-corrected chi connectivity index (χ1v) is 6.38. The zero-order chi connectivity index (χ0) is 13.0. The van der Waals surface area contributed by atoms with E-state index in [1.54, 1.807) is 24.3 Å². The number of ether oxygens (including phenoxy) is 1. The number of nitrogens with zero attached hydrogens (tertiary/aromatic N) is 1. The Balaban J connectivity index is 2.08. The lowest BCUT2D eigenvalue weighted by molar-refractivity contribution is -0.121. The van der Waals surface area contributed by atoms with Crippen LogP contribution in [-0.2, 0) is 9.53 Å². The number of hydrogen-bond acceptors (Lipinski definition) is 3. The maximum atomic E-state index is 12.1. The van der Waals surface area contributed by atoms with Crippen LogP contribution in [0.4, 0.5) is 0 Å². The summed E-state index contributed by atoms with van der Waals surface area (Å²) in [5.74, 6) is -0.834. The molecule has 1 saturated heterocycles. The zero-order valence-corrected chi connectivity index (χ0v) is 10.7. The minimum absolute atomic E-state index is 0.0208.